The quantitative estimate of drug-likeness (QED) is 0.801. The van der Waals surface area contributed by atoms with Crippen LogP contribution >= 0.6 is 0 Å². The summed E-state index contributed by atoms with van der Waals surface area (Å²) in [6.45, 7) is -0.895. The number of aliphatic hydroxyl groups is 2. The lowest BCUT2D eigenvalue weighted by molar-refractivity contribution is 0.0744. The summed E-state index contributed by atoms with van der Waals surface area (Å²) in [7, 11) is 0. The van der Waals surface area contributed by atoms with Gasteiger partial charge >= 0.3 is 0 Å². The Labute approximate surface area is 135 Å². The zero-order valence-electron chi connectivity index (χ0n) is 13.0. The molecule has 1 aromatic carbocycles. The van der Waals surface area contributed by atoms with Gasteiger partial charge in [-0.3, -0.25) is 0 Å². The molecule has 1 aliphatic rings. The van der Waals surface area contributed by atoms with Gasteiger partial charge in [-0.25, -0.2) is 4.98 Å². The van der Waals surface area contributed by atoms with E-state index in [9.17, 15) is 0 Å². The van der Waals surface area contributed by atoms with E-state index >= 15 is 0 Å². The second kappa shape index (κ2) is 7.48. The minimum Gasteiger partial charge on any atom is -0.464 e. The predicted octanol–water partition coefficient (Wildman–Crippen LogP) is 2.71. The number of benzene rings is 1. The third-order valence-electron chi connectivity index (χ3n) is 4.31. The molecule has 1 aliphatic carbocycles. The summed E-state index contributed by atoms with van der Waals surface area (Å²) < 4.78 is 12.5. The minimum absolute atomic E-state index is 0.397. The van der Waals surface area contributed by atoms with Gasteiger partial charge in [0.1, 0.15) is 0 Å². The lowest BCUT2D eigenvalue weighted by Crippen LogP contribution is -2.13. The highest BCUT2D eigenvalue weighted by Crippen LogP contribution is 2.36. The van der Waals surface area contributed by atoms with Crippen LogP contribution in [0.15, 0.2) is 30.7 Å². The third kappa shape index (κ3) is 3.48. The van der Waals surface area contributed by atoms with Crippen molar-refractivity contribution in [1.82, 2.24) is 9.55 Å². The summed E-state index contributed by atoms with van der Waals surface area (Å²) >= 11 is 0. The number of rotatable bonds is 6. The van der Waals surface area contributed by atoms with Crippen LogP contribution in [0.5, 0.6) is 11.5 Å². The van der Waals surface area contributed by atoms with Crippen molar-refractivity contribution in [2.45, 2.75) is 38.1 Å². The molecule has 2 N–H and O–H groups in total. The largest absolute Gasteiger partial charge is 0.464 e. The number of hydrogen-bond donors (Lipinski definition) is 2. The number of hydrogen-bond acceptors (Lipinski definition) is 5. The summed E-state index contributed by atoms with van der Waals surface area (Å²) in [5.41, 5.74) is 1.97. The van der Waals surface area contributed by atoms with E-state index in [1.165, 1.54) is 32.1 Å². The lowest BCUT2D eigenvalue weighted by Gasteiger charge is -2.25. The molecule has 6 heteroatoms. The number of aliphatic hydroxyl groups excluding tert-OH is 2. The number of nitrogens with zero attached hydrogens (tertiary/aromatic N) is 2. The van der Waals surface area contributed by atoms with Crippen LogP contribution < -0.4 is 9.47 Å². The normalized spacial score (nSPS) is 15.6. The number of ether oxygens (including phenoxy) is 2. The van der Waals surface area contributed by atoms with Crippen LogP contribution in [0.4, 0.5) is 0 Å². The van der Waals surface area contributed by atoms with E-state index in [0.29, 0.717) is 17.5 Å². The molecular formula is C17H22N2O4. The van der Waals surface area contributed by atoms with Crippen molar-refractivity contribution in [2.75, 3.05) is 13.6 Å². The van der Waals surface area contributed by atoms with Gasteiger partial charge in [0.05, 0.1) is 18.2 Å². The van der Waals surface area contributed by atoms with Crippen molar-refractivity contribution in [3.05, 3.63) is 30.7 Å². The molecule has 1 aromatic heterocycles. The topological polar surface area (TPSA) is 76.7 Å². The van der Waals surface area contributed by atoms with Crippen LogP contribution in [-0.2, 0) is 0 Å². The van der Waals surface area contributed by atoms with Crippen molar-refractivity contribution in [1.29, 1.82) is 0 Å². The molecule has 2 aromatic rings. The average Bonchev–Trinajstić information content (AvgIpc) is 3.07. The SMILES string of the molecule is OCOc1ccc(-c2cncn2C2CCCCC2)cc1OCO. The van der Waals surface area contributed by atoms with Gasteiger partial charge < -0.3 is 24.3 Å². The highest BCUT2D eigenvalue weighted by atomic mass is 16.6. The van der Waals surface area contributed by atoms with Gasteiger partial charge in [-0.1, -0.05) is 19.3 Å². The third-order valence-corrected chi connectivity index (χ3v) is 4.31. The minimum atomic E-state index is -0.451. The standard InChI is InChI=1S/C17H22N2O4/c20-11-22-16-7-6-13(8-17(16)23-12-21)15-9-18-10-19(15)14-4-2-1-3-5-14/h6-10,14,20-21H,1-5,11-12H2. The number of aromatic nitrogens is 2. The van der Waals surface area contributed by atoms with Gasteiger partial charge in [0.15, 0.2) is 25.1 Å². The predicted molar refractivity (Wildman–Crippen MR) is 85.2 cm³/mol. The Morgan fingerprint density at radius 1 is 1.04 bits per heavy atom. The van der Waals surface area contributed by atoms with Crippen LogP contribution in [-0.4, -0.2) is 33.4 Å². The van der Waals surface area contributed by atoms with Gasteiger partial charge in [0.25, 0.3) is 0 Å². The second-order valence-corrected chi connectivity index (χ2v) is 5.69. The van der Waals surface area contributed by atoms with Gasteiger partial charge in [-0.05, 0) is 31.0 Å². The van der Waals surface area contributed by atoms with E-state index in [1.807, 2.05) is 18.6 Å². The Morgan fingerprint density at radius 2 is 1.78 bits per heavy atom. The van der Waals surface area contributed by atoms with Crippen LogP contribution in [0, 0.1) is 0 Å². The fourth-order valence-electron chi connectivity index (χ4n) is 3.22. The fraction of sp³-hybridized carbons (Fsp3) is 0.471. The molecule has 0 radical (unpaired) electrons. The molecule has 0 amide bonds. The Kier molecular flexibility index (Phi) is 5.15. The first-order valence-corrected chi connectivity index (χ1v) is 7.97. The Balaban J connectivity index is 1.92. The van der Waals surface area contributed by atoms with E-state index in [2.05, 4.69) is 9.55 Å². The highest BCUT2D eigenvalue weighted by Gasteiger charge is 2.19. The molecule has 0 aliphatic heterocycles. The molecule has 23 heavy (non-hydrogen) atoms. The van der Waals surface area contributed by atoms with Crippen molar-refractivity contribution in [2.24, 2.45) is 0 Å². The molecular weight excluding hydrogens is 296 g/mol. The van der Waals surface area contributed by atoms with Gasteiger partial charge in [-0.15, -0.1) is 0 Å². The van der Waals surface area contributed by atoms with Crippen LogP contribution in [0.3, 0.4) is 0 Å². The molecule has 1 saturated carbocycles. The molecule has 1 heterocycles. The van der Waals surface area contributed by atoms with Crippen LogP contribution in [0.2, 0.25) is 0 Å². The molecule has 0 atom stereocenters. The van der Waals surface area contributed by atoms with Crippen molar-refractivity contribution in [3.8, 4) is 22.8 Å². The summed E-state index contributed by atoms with van der Waals surface area (Å²) in [5.74, 6) is 0.796. The molecule has 0 unspecified atom stereocenters. The summed E-state index contributed by atoms with van der Waals surface area (Å²) in [6.07, 6.45) is 9.90. The average molecular weight is 318 g/mol. The maximum atomic E-state index is 9.03. The molecule has 3 rings (SSSR count). The number of imidazole rings is 1. The van der Waals surface area contributed by atoms with Crippen LogP contribution in [0.25, 0.3) is 11.3 Å². The monoisotopic (exact) mass is 318 g/mol. The Hall–Kier alpha value is -2.05. The second-order valence-electron chi connectivity index (χ2n) is 5.69. The van der Waals surface area contributed by atoms with E-state index in [1.54, 1.807) is 12.1 Å². The van der Waals surface area contributed by atoms with Crippen molar-refractivity contribution >= 4 is 0 Å². The first kappa shape index (κ1) is 15.8. The van der Waals surface area contributed by atoms with Gasteiger partial charge in [-0.2, -0.15) is 0 Å². The van der Waals surface area contributed by atoms with Crippen molar-refractivity contribution in [3.63, 3.8) is 0 Å². The first-order chi connectivity index (χ1) is 11.3. The summed E-state index contributed by atoms with van der Waals surface area (Å²) in [6, 6.07) is 5.93. The maximum absolute atomic E-state index is 9.03. The van der Waals surface area contributed by atoms with E-state index in [4.69, 9.17) is 19.7 Å². The maximum Gasteiger partial charge on any atom is 0.186 e. The molecule has 1 fully saturated rings. The lowest BCUT2D eigenvalue weighted by atomic mass is 9.95. The van der Waals surface area contributed by atoms with Gasteiger partial charge in [0, 0.05) is 11.6 Å². The summed E-state index contributed by atoms with van der Waals surface area (Å²) in [4.78, 5) is 4.31. The van der Waals surface area contributed by atoms with Gasteiger partial charge in [0.2, 0.25) is 0 Å². The summed E-state index contributed by atoms with van der Waals surface area (Å²) in [5, 5.41) is 18.0. The first-order valence-electron chi connectivity index (χ1n) is 7.97. The van der Waals surface area contributed by atoms with E-state index in [-0.39, 0.29) is 0 Å². The Morgan fingerprint density at radius 3 is 2.52 bits per heavy atom. The zero-order chi connectivity index (χ0) is 16.1. The zero-order valence-corrected chi connectivity index (χ0v) is 13.0. The molecule has 0 spiro atoms. The highest BCUT2D eigenvalue weighted by molar-refractivity contribution is 5.64. The van der Waals surface area contributed by atoms with E-state index in [0.717, 1.165) is 11.3 Å². The van der Waals surface area contributed by atoms with E-state index < -0.39 is 13.6 Å². The smallest absolute Gasteiger partial charge is 0.186 e. The fourth-order valence-corrected chi connectivity index (χ4v) is 3.22. The molecule has 124 valence electrons. The molecule has 6 nitrogen and oxygen atoms in total. The van der Waals surface area contributed by atoms with Crippen LogP contribution in [0.1, 0.15) is 38.1 Å². The molecule has 0 bridgehead atoms. The molecule has 0 saturated heterocycles. The van der Waals surface area contributed by atoms with Crippen molar-refractivity contribution < 1.29 is 19.7 Å². The Bertz CT molecular complexity index is 635.